The van der Waals surface area contributed by atoms with Crippen LogP contribution in [0.5, 0.6) is 5.75 Å². The molecule has 0 radical (unpaired) electrons. The van der Waals surface area contributed by atoms with Crippen molar-refractivity contribution in [3.63, 3.8) is 0 Å². The molecule has 2 aromatic carbocycles. The number of phenols is 1. The summed E-state index contributed by atoms with van der Waals surface area (Å²) in [5.41, 5.74) is 4.38. The highest BCUT2D eigenvalue weighted by atomic mass is 16.5. The van der Waals surface area contributed by atoms with Crippen molar-refractivity contribution in [3.8, 4) is 5.75 Å². The normalized spacial score (nSPS) is 21.6. The van der Waals surface area contributed by atoms with Crippen molar-refractivity contribution in [1.82, 2.24) is 24.5 Å². The van der Waals surface area contributed by atoms with Gasteiger partial charge in [-0.2, -0.15) is 0 Å². The Morgan fingerprint density at radius 1 is 0.922 bits per heavy atom. The molecule has 12 heteroatoms. The fourth-order valence-electron chi connectivity index (χ4n) is 8.41. The van der Waals surface area contributed by atoms with Crippen LogP contribution in [-0.2, 0) is 32.1 Å². The molecule has 4 heterocycles. The van der Waals surface area contributed by atoms with E-state index in [2.05, 4.69) is 15.1 Å². The van der Waals surface area contributed by atoms with Gasteiger partial charge in [-0.15, -0.1) is 0 Å². The van der Waals surface area contributed by atoms with Crippen molar-refractivity contribution < 1.29 is 29.0 Å². The van der Waals surface area contributed by atoms with Crippen molar-refractivity contribution in [2.75, 3.05) is 64.8 Å². The molecule has 2 unspecified atom stereocenters. The van der Waals surface area contributed by atoms with Crippen LogP contribution < -0.4 is 5.32 Å². The van der Waals surface area contributed by atoms with E-state index in [-0.39, 0.29) is 54.1 Å². The van der Waals surface area contributed by atoms with Crippen LogP contribution in [0, 0.1) is 19.8 Å². The Kier molecular flexibility index (Phi) is 11.5. The SMILES string of the molecule is CCOC(=O)C1CN(C2CCN(C(=O)C(CC(=O)N3CCC(N4Cc5ccccc5NC4=O)CC3)Cc3cc(C)c(O)c(C)c3)CC2)CCN1C. The van der Waals surface area contributed by atoms with Gasteiger partial charge in [-0.05, 0) is 88.2 Å². The number of fused-ring (bicyclic) bond motifs is 1. The second kappa shape index (κ2) is 16.0. The van der Waals surface area contributed by atoms with E-state index >= 15 is 0 Å². The Hall–Kier alpha value is -4.16. The van der Waals surface area contributed by atoms with Crippen molar-refractivity contribution >= 4 is 29.5 Å². The highest BCUT2D eigenvalue weighted by Gasteiger charge is 2.38. The maximum atomic E-state index is 14.3. The fourth-order valence-corrected chi connectivity index (χ4v) is 8.41. The first-order chi connectivity index (χ1) is 24.5. The molecule has 276 valence electrons. The summed E-state index contributed by atoms with van der Waals surface area (Å²) in [5, 5.41) is 13.4. The molecule has 0 aliphatic carbocycles. The molecule has 12 nitrogen and oxygen atoms in total. The van der Waals surface area contributed by atoms with Gasteiger partial charge in [0.25, 0.3) is 0 Å². The zero-order valence-electron chi connectivity index (χ0n) is 30.6. The number of hydrogen-bond donors (Lipinski definition) is 2. The summed E-state index contributed by atoms with van der Waals surface area (Å²) in [6.07, 6.45) is 3.52. The summed E-state index contributed by atoms with van der Waals surface area (Å²) in [5.74, 6) is -0.508. The molecular formula is C39H54N6O6. The van der Waals surface area contributed by atoms with Crippen LogP contribution in [0.25, 0.3) is 0 Å². The molecule has 4 aliphatic rings. The number of carbonyl (C=O) groups excluding carboxylic acids is 4. The zero-order chi connectivity index (χ0) is 36.2. The highest BCUT2D eigenvalue weighted by Crippen LogP contribution is 2.30. The maximum Gasteiger partial charge on any atom is 0.324 e. The molecule has 6 rings (SSSR count). The summed E-state index contributed by atoms with van der Waals surface area (Å²) in [6, 6.07) is 11.6. The van der Waals surface area contributed by atoms with Gasteiger partial charge in [0.15, 0.2) is 0 Å². The number of rotatable bonds is 9. The van der Waals surface area contributed by atoms with E-state index in [1.54, 1.807) is 0 Å². The molecule has 51 heavy (non-hydrogen) atoms. The lowest BCUT2D eigenvalue weighted by Crippen LogP contribution is -2.59. The van der Waals surface area contributed by atoms with E-state index in [4.69, 9.17) is 4.74 Å². The molecule has 0 aromatic heterocycles. The van der Waals surface area contributed by atoms with Gasteiger partial charge < -0.3 is 29.9 Å². The smallest absolute Gasteiger partial charge is 0.324 e. The Labute approximate surface area is 301 Å². The topological polar surface area (TPSA) is 126 Å². The molecular weight excluding hydrogens is 648 g/mol. The average Bonchev–Trinajstić information content (AvgIpc) is 3.13. The number of nitrogens with one attached hydrogen (secondary N) is 1. The quantitative estimate of drug-likeness (QED) is 0.379. The summed E-state index contributed by atoms with van der Waals surface area (Å²) in [7, 11) is 1.97. The first-order valence-corrected chi connectivity index (χ1v) is 18.6. The number of esters is 1. The number of amides is 4. The van der Waals surface area contributed by atoms with Crippen molar-refractivity contribution in [2.45, 2.75) is 84.0 Å². The van der Waals surface area contributed by atoms with E-state index in [9.17, 15) is 24.3 Å². The fraction of sp³-hybridized carbons (Fsp3) is 0.590. The van der Waals surface area contributed by atoms with Crippen LogP contribution in [0.15, 0.2) is 36.4 Å². The largest absolute Gasteiger partial charge is 0.507 e. The second-order valence-corrected chi connectivity index (χ2v) is 14.8. The third-order valence-corrected chi connectivity index (χ3v) is 11.5. The maximum absolute atomic E-state index is 14.3. The van der Waals surface area contributed by atoms with Gasteiger partial charge in [-0.3, -0.25) is 24.2 Å². The van der Waals surface area contributed by atoms with Gasteiger partial charge in [-0.1, -0.05) is 30.3 Å². The molecule has 3 fully saturated rings. The van der Waals surface area contributed by atoms with Crippen LogP contribution >= 0.6 is 0 Å². The number of aryl methyl sites for hydroxylation is 2. The number of ether oxygens (including phenoxy) is 1. The Bertz CT molecular complexity index is 1580. The van der Waals surface area contributed by atoms with Gasteiger partial charge in [0.1, 0.15) is 11.8 Å². The minimum absolute atomic E-state index is 0.00787. The summed E-state index contributed by atoms with van der Waals surface area (Å²) in [4.78, 5) is 63.8. The van der Waals surface area contributed by atoms with Crippen LogP contribution in [-0.4, -0.2) is 131 Å². The lowest BCUT2D eigenvalue weighted by molar-refractivity contribution is -0.152. The summed E-state index contributed by atoms with van der Waals surface area (Å²) < 4.78 is 5.33. The van der Waals surface area contributed by atoms with Crippen LogP contribution in [0.1, 0.15) is 61.3 Å². The number of likely N-dealkylation sites (N-methyl/N-ethyl adjacent to an activating group) is 1. The van der Waals surface area contributed by atoms with Gasteiger partial charge in [0.2, 0.25) is 11.8 Å². The Morgan fingerprint density at radius 3 is 2.25 bits per heavy atom. The van der Waals surface area contributed by atoms with Crippen molar-refractivity contribution in [1.29, 1.82) is 0 Å². The molecule has 2 aromatic rings. The Morgan fingerprint density at radius 2 is 1.57 bits per heavy atom. The number of piperazine rings is 1. The molecule has 0 bridgehead atoms. The first kappa shape index (κ1) is 36.6. The molecule has 4 aliphatic heterocycles. The van der Waals surface area contributed by atoms with E-state index < -0.39 is 5.92 Å². The average molecular weight is 703 g/mol. The number of para-hydroxylation sites is 1. The third-order valence-electron chi connectivity index (χ3n) is 11.5. The lowest BCUT2D eigenvalue weighted by Gasteiger charge is -2.45. The zero-order valence-corrected chi connectivity index (χ0v) is 30.6. The first-order valence-electron chi connectivity index (χ1n) is 18.6. The molecule has 2 N–H and O–H groups in total. The van der Waals surface area contributed by atoms with Gasteiger partial charge >= 0.3 is 12.0 Å². The predicted molar refractivity (Wildman–Crippen MR) is 194 cm³/mol. The third kappa shape index (κ3) is 8.33. The van der Waals surface area contributed by atoms with E-state index in [1.165, 1.54) is 0 Å². The molecule has 3 saturated heterocycles. The molecule has 4 amide bonds. The number of anilines is 1. The van der Waals surface area contributed by atoms with E-state index in [0.29, 0.717) is 65.1 Å². The number of nitrogens with zero attached hydrogens (tertiary/aromatic N) is 5. The standard InChI is InChI=1S/C39H54N6O6/c1-5-51-38(49)34-25-44(19-18-41(34)4)31-10-16-43(17-11-31)37(48)30(22-28-20-26(2)36(47)27(3)21-28)23-35(46)42-14-12-32(13-15-42)45-24-29-8-6-7-9-33(29)40-39(45)50/h6-9,20-21,30-32,34,47H,5,10-19,22-25H2,1-4H3,(H,40,50). The van der Waals surface area contributed by atoms with Crippen molar-refractivity contribution in [2.24, 2.45) is 5.92 Å². The summed E-state index contributed by atoms with van der Waals surface area (Å²) >= 11 is 0. The molecule has 0 spiro atoms. The van der Waals surface area contributed by atoms with E-state index in [1.807, 2.05) is 78.9 Å². The lowest BCUT2D eigenvalue weighted by atomic mass is 9.90. The van der Waals surface area contributed by atoms with Gasteiger partial charge in [-0.25, -0.2) is 4.79 Å². The summed E-state index contributed by atoms with van der Waals surface area (Å²) in [6.45, 7) is 11.0. The number of benzene rings is 2. The predicted octanol–water partition coefficient (Wildman–Crippen LogP) is 3.77. The van der Waals surface area contributed by atoms with Gasteiger partial charge in [0, 0.05) is 76.5 Å². The second-order valence-electron chi connectivity index (χ2n) is 14.8. The number of piperidine rings is 2. The van der Waals surface area contributed by atoms with E-state index in [0.717, 1.165) is 53.9 Å². The monoisotopic (exact) mass is 702 g/mol. The number of carbonyl (C=O) groups is 4. The molecule has 2 atom stereocenters. The van der Waals surface area contributed by atoms with Crippen LogP contribution in [0.2, 0.25) is 0 Å². The number of hydrogen-bond acceptors (Lipinski definition) is 8. The van der Waals surface area contributed by atoms with Gasteiger partial charge in [0.05, 0.1) is 12.5 Å². The van der Waals surface area contributed by atoms with Crippen LogP contribution in [0.4, 0.5) is 10.5 Å². The number of urea groups is 1. The number of likely N-dealkylation sites (tertiary alicyclic amines) is 2. The highest BCUT2D eigenvalue weighted by molar-refractivity contribution is 5.92. The minimum Gasteiger partial charge on any atom is -0.507 e. The number of aromatic hydroxyl groups is 1. The Balaban J connectivity index is 1.08. The van der Waals surface area contributed by atoms with Crippen molar-refractivity contribution in [3.05, 3.63) is 58.7 Å². The number of phenolic OH excluding ortho intramolecular Hbond substituents is 1. The van der Waals surface area contributed by atoms with Crippen LogP contribution in [0.3, 0.4) is 0 Å². The molecule has 0 saturated carbocycles. The minimum atomic E-state index is -0.531.